The molecule has 0 saturated carbocycles. The minimum absolute atomic E-state index is 0.118. The first-order valence-electron chi connectivity index (χ1n) is 4.11. The molecule has 0 N–H and O–H groups in total. The fraction of sp³-hybridized carbons (Fsp3) is 0.500. The molecule has 0 rings (SSSR count). The molecule has 2 heteroatoms. The molecule has 0 saturated heterocycles. The van der Waals surface area contributed by atoms with Gasteiger partial charge in [0.25, 0.3) is 0 Å². The Morgan fingerprint density at radius 2 is 2.25 bits per heavy atom. The number of carbonyl (C=O) groups excluding carboxylic acids is 1. The fourth-order valence-electron chi connectivity index (χ4n) is 0.803. The van der Waals surface area contributed by atoms with Crippen LogP contribution in [0.2, 0.25) is 0 Å². The lowest BCUT2D eigenvalue weighted by molar-refractivity contribution is -0.143. The molecule has 0 aromatic rings. The van der Waals surface area contributed by atoms with Gasteiger partial charge in [0.2, 0.25) is 0 Å². The quantitative estimate of drug-likeness (QED) is 0.358. The van der Waals surface area contributed by atoms with Gasteiger partial charge in [-0.1, -0.05) is 12.2 Å². The molecule has 1 unspecified atom stereocenters. The Balaban J connectivity index is 3.52. The van der Waals surface area contributed by atoms with Crippen LogP contribution in [0.1, 0.15) is 26.7 Å². The highest BCUT2D eigenvalue weighted by atomic mass is 16.5. The predicted octanol–water partition coefficient (Wildman–Crippen LogP) is 2.46. The molecule has 0 aliphatic heterocycles. The van der Waals surface area contributed by atoms with Crippen molar-refractivity contribution in [2.45, 2.75) is 32.8 Å². The normalized spacial score (nSPS) is 12.8. The summed E-state index contributed by atoms with van der Waals surface area (Å²) in [4.78, 5) is 10.5. The first-order valence-corrected chi connectivity index (χ1v) is 4.11. The summed E-state index contributed by atoms with van der Waals surface area (Å²) >= 11 is 0. The van der Waals surface area contributed by atoms with Crippen LogP contribution in [-0.4, -0.2) is 12.1 Å². The Morgan fingerprint density at radius 1 is 1.58 bits per heavy atom. The summed E-state index contributed by atoms with van der Waals surface area (Å²) in [5.74, 6) is -0.240. The summed E-state index contributed by atoms with van der Waals surface area (Å²) in [6.07, 6.45) is 7.53. The molecule has 0 radical (unpaired) electrons. The van der Waals surface area contributed by atoms with Crippen molar-refractivity contribution in [3.05, 3.63) is 24.8 Å². The fourth-order valence-corrected chi connectivity index (χ4v) is 0.803. The second-order valence-electron chi connectivity index (χ2n) is 2.61. The van der Waals surface area contributed by atoms with Gasteiger partial charge in [-0.15, -0.1) is 6.58 Å². The van der Waals surface area contributed by atoms with Crippen molar-refractivity contribution in [2.75, 3.05) is 0 Å². The summed E-state index contributed by atoms with van der Waals surface area (Å²) in [7, 11) is 0. The minimum Gasteiger partial charge on any atom is -0.459 e. The van der Waals surface area contributed by atoms with E-state index in [9.17, 15) is 4.79 Å². The Labute approximate surface area is 73.9 Å². The summed E-state index contributed by atoms with van der Waals surface area (Å²) in [6.45, 7) is 6.86. The summed E-state index contributed by atoms with van der Waals surface area (Å²) < 4.78 is 4.88. The van der Waals surface area contributed by atoms with Crippen molar-refractivity contribution in [2.24, 2.45) is 0 Å². The van der Waals surface area contributed by atoms with Crippen molar-refractivity contribution < 1.29 is 9.53 Å². The standard InChI is InChI=1S/C10H16O2/c1-4-5-6-7-8-9(2)12-10(3)11/h4,7-9H,1,5-6H2,2-3H3/b8-7+. The Morgan fingerprint density at radius 3 is 2.75 bits per heavy atom. The zero-order valence-corrected chi connectivity index (χ0v) is 7.75. The minimum atomic E-state index is -0.240. The maximum Gasteiger partial charge on any atom is 0.303 e. The largest absolute Gasteiger partial charge is 0.459 e. The Bertz CT molecular complexity index is 171. The molecule has 0 heterocycles. The van der Waals surface area contributed by atoms with Crippen LogP contribution in [0.25, 0.3) is 0 Å². The number of ether oxygens (including phenoxy) is 1. The molecule has 0 aliphatic carbocycles. The number of allylic oxidation sites excluding steroid dienone is 2. The molecular formula is C10H16O2. The van der Waals surface area contributed by atoms with Crippen LogP contribution >= 0.6 is 0 Å². The van der Waals surface area contributed by atoms with Crippen molar-refractivity contribution in [1.29, 1.82) is 0 Å². The average molecular weight is 168 g/mol. The van der Waals surface area contributed by atoms with Crippen LogP contribution in [0.15, 0.2) is 24.8 Å². The smallest absolute Gasteiger partial charge is 0.303 e. The van der Waals surface area contributed by atoms with Gasteiger partial charge >= 0.3 is 5.97 Å². The zero-order chi connectivity index (χ0) is 9.40. The second kappa shape index (κ2) is 6.65. The van der Waals surface area contributed by atoms with Gasteiger partial charge in [0.15, 0.2) is 0 Å². The number of unbranched alkanes of at least 4 members (excludes halogenated alkanes) is 1. The van der Waals surface area contributed by atoms with Crippen LogP contribution in [0.4, 0.5) is 0 Å². The van der Waals surface area contributed by atoms with E-state index >= 15 is 0 Å². The van der Waals surface area contributed by atoms with E-state index in [1.54, 1.807) is 0 Å². The highest BCUT2D eigenvalue weighted by molar-refractivity contribution is 5.66. The molecule has 2 nitrogen and oxygen atoms in total. The number of esters is 1. The van der Waals surface area contributed by atoms with Gasteiger partial charge in [-0.05, 0) is 25.8 Å². The molecular weight excluding hydrogens is 152 g/mol. The van der Waals surface area contributed by atoms with Crippen molar-refractivity contribution in [3.63, 3.8) is 0 Å². The van der Waals surface area contributed by atoms with Gasteiger partial charge in [0.05, 0.1) is 0 Å². The topological polar surface area (TPSA) is 26.3 Å². The molecule has 0 aliphatic rings. The summed E-state index contributed by atoms with van der Waals surface area (Å²) in [6, 6.07) is 0. The highest BCUT2D eigenvalue weighted by Crippen LogP contribution is 1.97. The van der Waals surface area contributed by atoms with Gasteiger partial charge in [-0.2, -0.15) is 0 Å². The van der Waals surface area contributed by atoms with E-state index < -0.39 is 0 Å². The maximum atomic E-state index is 10.5. The average Bonchev–Trinajstić information content (AvgIpc) is 1.97. The highest BCUT2D eigenvalue weighted by Gasteiger charge is 1.98. The van der Waals surface area contributed by atoms with Gasteiger partial charge < -0.3 is 4.74 Å². The van der Waals surface area contributed by atoms with E-state index in [1.807, 2.05) is 25.2 Å². The summed E-state index contributed by atoms with van der Waals surface area (Å²) in [5.41, 5.74) is 0. The Kier molecular flexibility index (Phi) is 6.07. The lowest BCUT2D eigenvalue weighted by atomic mass is 10.2. The number of carbonyl (C=O) groups is 1. The van der Waals surface area contributed by atoms with Crippen molar-refractivity contribution in [1.82, 2.24) is 0 Å². The third-order valence-electron chi connectivity index (χ3n) is 1.30. The van der Waals surface area contributed by atoms with Gasteiger partial charge in [0.1, 0.15) is 6.10 Å². The van der Waals surface area contributed by atoms with E-state index in [4.69, 9.17) is 4.74 Å². The molecule has 0 amide bonds. The summed E-state index contributed by atoms with van der Waals surface area (Å²) in [5, 5.41) is 0. The van der Waals surface area contributed by atoms with E-state index in [0.717, 1.165) is 12.8 Å². The van der Waals surface area contributed by atoms with Crippen molar-refractivity contribution >= 4 is 5.97 Å². The maximum absolute atomic E-state index is 10.5. The lowest BCUT2D eigenvalue weighted by Crippen LogP contribution is -2.08. The van der Waals surface area contributed by atoms with Crippen molar-refractivity contribution in [3.8, 4) is 0 Å². The Hall–Kier alpha value is -1.05. The van der Waals surface area contributed by atoms with Crippen LogP contribution in [0.5, 0.6) is 0 Å². The van der Waals surface area contributed by atoms with Gasteiger partial charge in [-0.25, -0.2) is 0 Å². The molecule has 0 aromatic heterocycles. The molecule has 0 spiro atoms. The molecule has 12 heavy (non-hydrogen) atoms. The first kappa shape index (κ1) is 11.0. The van der Waals surface area contributed by atoms with Crippen LogP contribution < -0.4 is 0 Å². The van der Waals surface area contributed by atoms with Crippen LogP contribution in [0.3, 0.4) is 0 Å². The third-order valence-corrected chi connectivity index (χ3v) is 1.30. The molecule has 68 valence electrons. The number of hydrogen-bond acceptors (Lipinski definition) is 2. The first-order chi connectivity index (χ1) is 5.66. The van der Waals surface area contributed by atoms with E-state index in [0.29, 0.717) is 0 Å². The molecule has 1 atom stereocenters. The van der Waals surface area contributed by atoms with E-state index in [2.05, 4.69) is 6.58 Å². The number of rotatable bonds is 5. The van der Waals surface area contributed by atoms with E-state index in [-0.39, 0.29) is 12.1 Å². The lowest BCUT2D eigenvalue weighted by Gasteiger charge is -2.05. The molecule has 0 bridgehead atoms. The van der Waals surface area contributed by atoms with E-state index in [1.165, 1.54) is 6.92 Å². The zero-order valence-electron chi connectivity index (χ0n) is 7.75. The van der Waals surface area contributed by atoms with Crippen LogP contribution in [0, 0.1) is 0 Å². The SMILES string of the molecule is C=CCC/C=C/C(C)OC(C)=O. The second-order valence-corrected chi connectivity index (χ2v) is 2.61. The van der Waals surface area contributed by atoms with Gasteiger partial charge in [0, 0.05) is 6.92 Å². The molecule has 0 aromatic carbocycles. The molecule has 0 fully saturated rings. The third kappa shape index (κ3) is 7.06. The number of hydrogen-bond donors (Lipinski definition) is 0. The predicted molar refractivity (Wildman–Crippen MR) is 49.8 cm³/mol. The van der Waals surface area contributed by atoms with Crippen LogP contribution in [-0.2, 0) is 9.53 Å². The monoisotopic (exact) mass is 168 g/mol. The van der Waals surface area contributed by atoms with Gasteiger partial charge in [-0.3, -0.25) is 4.79 Å².